The molecule has 1 amide bonds. The summed E-state index contributed by atoms with van der Waals surface area (Å²) in [4.78, 5) is 16.5. The number of carbonyl (C=O) groups excluding carboxylic acids is 1. The Bertz CT molecular complexity index is 998. The molecule has 1 aliphatic carbocycles. The number of benzene rings is 1. The van der Waals surface area contributed by atoms with Gasteiger partial charge in [0, 0.05) is 22.8 Å². The Labute approximate surface area is 145 Å². The van der Waals surface area contributed by atoms with Crippen LogP contribution in [0, 0.1) is 11.3 Å². The van der Waals surface area contributed by atoms with E-state index in [2.05, 4.69) is 15.6 Å². The van der Waals surface area contributed by atoms with Gasteiger partial charge >= 0.3 is 0 Å². The molecule has 0 saturated carbocycles. The molecule has 124 valence electrons. The van der Waals surface area contributed by atoms with Crippen LogP contribution in [0.15, 0.2) is 42.6 Å². The third-order valence-corrected chi connectivity index (χ3v) is 4.98. The number of nitriles is 1. The Morgan fingerprint density at radius 3 is 2.96 bits per heavy atom. The molecular formula is C20H18N4O. The molecule has 1 atom stereocenters. The minimum absolute atomic E-state index is 0.286. The molecule has 0 saturated heterocycles. The van der Waals surface area contributed by atoms with Gasteiger partial charge in [-0.2, -0.15) is 5.26 Å². The van der Waals surface area contributed by atoms with Gasteiger partial charge in [0.25, 0.3) is 0 Å². The molecule has 5 nitrogen and oxygen atoms in total. The summed E-state index contributed by atoms with van der Waals surface area (Å²) in [6.07, 6.45) is 4.37. The number of hydrogen-bond acceptors (Lipinski definition) is 3. The zero-order chi connectivity index (χ0) is 17.4. The first-order chi connectivity index (χ1) is 12.2. The van der Waals surface area contributed by atoms with Crippen LogP contribution in [-0.4, -0.2) is 15.5 Å². The summed E-state index contributed by atoms with van der Waals surface area (Å²) in [5.74, 6) is -0.572. The van der Waals surface area contributed by atoms with Crippen LogP contribution in [0.25, 0.3) is 10.9 Å². The molecule has 1 aromatic carbocycles. The molecular weight excluding hydrogens is 312 g/mol. The standard InChI is InChI=1S/C20H18N4O/c21-11-13-7-8-18-17(10-13)15-5-3-6-16(20(22)25)19(15)24(18)12-14-4-1-2-9-23-14/h1-2,4,7-10,16H,3,5-6,12H2,(H2,22,25). The number of pyridine rings is 1. The van der Waals surface area contributed by atoms with Crippen LogP contribution < -0.4 is 5.73 Å². The van der Waals surface area contributed by atoms with Crippen molar-refractivity contribution in [3.63, 3.8) is 0 Å². The van der Waals surface area contributed by atoms with E-state index in [-0.39, 0.29) is 11.8 Å². The molecule has 0 fully saturated rings. The Morgan fingerprint density at radius 2 is 2.24 bits per heavy atom. The summed E-state index contributed by atoms with van der Waals surface area (Å²) >= 11 is 0. The molecule has 0 bridgehead atoms. The summed E-state index contributed by atoms with van der Waals surface area (Å²) < 4.78 is 2.16. The van der Waals surface area contributed by atoms with Crippen LogP contribution >= 0.6 is 0 Å². The molecule has 2 aromatic heterocycles. The van der Waals surface area contributed by atoms with Gasteiger partial charge in [-0.25, -0.2) is 0 Å². The fourth-order valence-electron chi connectivity index (χ4n) is 3.90. The molecule has 3 aromatic rings. The van der Waals surface area contributed by atoms with Crippen molar-refractivity contribution >= 4 is 16.8 Å². The van der Waals surface area contributed by atoms with Gasteiger partial charge in [0.15, 0.2) is 0 Å². The SMILES string of the molecule is N#Cc1ccc2c(c1)c1c(n2Cc2ccccn2)C(C(N)=O)CCC1. The molecule has 0 spiro atoms. The predicted molar refractivity (Wildman–Crippen MR) is 94.9 cm³/mol. The first-order valence-corrected chi connectivity index (χ1v) is 8.43. The molecule has 5 heteroatoms. The highest BCUT2D eigenvalue weighted by atomic mass is 16.1. The van der Waals surface area contributed by atoms with Gasteiger partial charge in [-0.05, 0) is 55.2 Å². The van der Waals surface area contributed by atoms with Crippen molar-refractivity contribution in [1.29, 1.82) is 5.26 Å². The maximum absolute atomic E-state index is 12.1. The maximum atomic E-state index is 12.1. The highest BCUT2D eigenvalue weighted by Gasteiger charge is 2.31. The second kappa shape index (κ2) is 6.06. The van der Waals surface area contributed by atoms with Gasteiger partial charge in [0.05, 0.1) is 29.8 Å². The average Bonchev–Trinajstić information content (AvgIpc) is 2.96. The van der Waals surface area contributed by atoms with Crippen LogP contribution in [-0.2, 0) is 17.8 Å². The van der Waals surface area contributed by atoms with Gasteiger partial charge in [-0.3, -0.25) is 9.78 Å². The van der Waals surface area contributed by atoms with Crippen molar-refractivity contribution in [2.45, 2.75) is 31.7 Å². The van der Waals surface area contributed by atoms with E-state index in [0.29, 0.717) is 12.1 Å². The number of rotatable bonds is 3. The molecule has 2 heterocycles. The van der Waals surface area contributed by atoms with E-state index in [1.54, 1.807) is 6.20 Å². The Balaban J connectivity index is 1.97. The van der Waals surface area contributed by atoms with E-state index < -0.39 is 0 Å². The molecule has 0 radical (unpaired) electrons. The summed E-state index contributed by atoms with van der Waals surface area (Å²) in [6, 6.07) is 13.7. The molecule has 4 rings (SSSR count). The third kappa shape index (κ3) is 2.56. The number of nitrogens with two attached hydrogens (primary N) is 1. The number of primary amides is 1. The summed E-state index contributed by atoms with van der Waals surface area (Å²) in [5, 5.41) is 10.3. The van der Waals surface area contributed by atoms with Crippen LogP contribution in [0.5, 0.6) is 0 Å². The smallest absolute Gasteiger partial charge is 0.226 e. The van der Waals surface area contributed by atoms with Crippen molar-refractivity contribution in [1.82, 2.24) is 9.55 Å². The normalized spacial score (nSPS) is 16.4. The Morgan fingerprint density at radius 1 is 1.36 bits per heavy atom. The molecule has 1 unspecified atom stereocenters. The van der Waals surface area contributed by atoms with Crippen molar-refractivity contribution in [3.05, 3.63) is 65.1 Å². The summed E-state index contributed by atoms with van der Waals surface area (Å²) in [6.45, 7) is 0.586. The largest absolute Gasteiger partial charge is 0.369 e. The van der Waals surface area contributed by atoms with Crippen molar-refractivity contribution in [3.8, 4) is 6.07 Å². The van der Waals surface area contributed by atoms with Gasteiger partial charge in [0.1, 0.15) is 0 Å². The zero-order valence-corrected chi connectivity index (χ0v) is 13.8. The number of amides is 1. The quantitative estimate of drug-likeness (QED) is 0.801. The number of hydrogen-bond donors (Lipinski definition) is 1. The Kier molecular flexibility index (Phi) is 3.73. The highest BCUT2D eigenvalue weighted by molar-refractivity contribution is 5.91. The van der Waals surface area contributed by atoms with Crippen molar-refractivity contribution < 1.29 is 4.79 Å². The lowest BCUT2D eigenvalue weighted by Crippen LogP contribution is -2.27. The lowest BCUT2D eigenvalue weighted by Gasteiger charge is -2.23. The minimum Gasteiger partial charge on any atom is -0.369 e. The fraction of sp³-hybridized carbons (Fsp3) is 0.250. The molecule has 2 N–H and O–H groups in total. The molecule has 1 aliphatic rings. The fourth-order valence-corrected chi connectivity index (χ4v) is 3.90. The highest BCUT2D eigenvalue weighted by Crippen LogP contribution is 2.39. The van der Waals surface area contributed by atoms with E-state index in [9.17, 15) is 10.1 Å². The van der Waals surface area contributed by atoms with Gasteiger partial charge < -0.3 is 10.3 Å². The third-order valence-electron chi connectivity index (χ3n) is 4.98. The second-order valence-electron chi connectivity index (χ2n) is 6.46. The van der Waals surface area contributed by atoms with Gasteiger partial charge in [-0.15, -0.1) is 0 Å². The van der Waals surface area contributed by atoms with E-state index in [1.807, 2.05) is 36.4 Å². The number of fused-ring (bicyclic) bond motifs is 3. The minimum atomic E-state index is -0.287. The van der Waals surface area contributed by atoms with Crippen molar-refractivity contribution in [2.75, 3.05) is 0 Å². The zero-order valence-electron chi connectivity index (χ0n) is 13.8. The van der Waals surface area contributed by atoms with Crippen LogP contribution in [0.3, 0.4) is 0 Å². The maximum Gasteiger partial charge on any atom is 0.226 e. The number of carbonyl (C=O) groups is 1. The monoisotopic (exact) mass is 330 g/mol. The lowest BCUT2D eigenvalue weighted by atomic mass is 9.86. The second-order valence-corrected chi connectivity index (χ2v) is 6.46. The lowest BCUT2D eigenvalue weighted by molar-refractivity contribution is -0.119. The van der Waals surface area contributed by atoms with Crippen LogP contribution in [0.1, 0.15) is 41.3 Å². The number of aromatic nitrogens is 2. The summed E-state index contributed by atoms with van der Waals surface area (Å²) in [5.41, 5.74) is 10.4. The first kappa shape index (κ1) is 15.4. The molecule has 25 heavy (non-hydrogen) atoms. The topological polar surface area (TPSA) is 84.7 Å². The van der Waals surface area contributed by atoms with Gasteiger partial charge in [-0.1, -0.05) is 6.07 Å². The first-order valence-electron chi connectivity index (χ1n) is 8.43. The summed E-state index contributed by atoms with van der Waals surface area (Å²) in [7, 11) is 0. The van der Waals surface area contributed by atoms with E-state index in [1.165, 1.54) is 0 Å². The van der Waals surface area contributed by atoms with E-state index in [0.717, 1.165) is 47.1 Å². The van der Waals surface area contributed by atoms with Crippen molar-refractivity contribution in [2.24, 2.45) is 5.73 Å². The number of aryl methyl sites for hydroxylation is 1. The van der Waals surface area contributed by atoms with E-state index in [4.69, 9.17) is 5.73 Å². The van der Waals surface area contributed by atoms with Crippen LogP contribution in [0.2, 0.25) is 0 Å². The number of nitrogens with zero attached hydrogens (tertiary/aromatic N) is 3. The average molecular weight is 330 g/mol. The predicted octanol–water partition coefficient (Wildman–Crippen LogP) is 2.86. The van der Waals surface area contributed by atoms with E-state index >= 15 is 0 Å². The Hall–Kier alpha value is -3.13. The molecule has 0 aliphatic heterocycles. The van der Waals surface area contributed by atoms with Crippen LogP contribution in [0.4, 0.5) is 0 Å². The van der Waals surface area contributed by atoms with Gasteiger partial charge in [0.2, 0.25) is 5.91 Å².